The molecule has 0 radical (unpaired) electrons. The summed E-state index contributed by atoms with van der Waals surface area (Å²) in [5.41, 5.74) is 0. The lowest BCUT2D eigenvalue weighted by molar-refractivity contribution is 0.426. The summed E-state index contributed by atoms with van der Waals surface area (Å²) in [4.78, 5) is 4.12. The molecule has 0 aliphatic carbocycles. The molecular formula is C11H21ClN4O2S. The van der Waals surface area contributed by atoms with E-state index in [-0.39, 0.29) is 23.5 Å². The van der Waals surface area contributed by atoms with E-state index in [1.807, 2.05) is 18.4 Å². The summed E-state index contributed by atoms with van der Waals surface area (Å²) < 4.78 is 28.9. The van der Waals surface area contributed by atoms with Crippen LogP contribution in [0.25, 0.3) is 0 Å². The molecule has 1 aromatic rings. The van der Waals surface area contributed by atoms with Gasteiger partial charge in [-0.25, -0.2) is 18.1 Å². The lowest BCUT2D eigenvalue weighted by atomic mass is 10.1. The van der Waals surface area contributed by atoms with Crippen LogP contribution in [0, 0.1) is 6.92 Å². The number of aryl methyl sites for hydroxylation is 2. The van der Waals surface area contributed by atoms with Crippen LogP contribution in [0.2, 0.25) is 0 Å². The summed E-state index contributed by atoms with van der Waals surface area (Å²) in [5, 5.41) is 3.33. The van der Waals surface area contributed by atoms with Crippen molar-refractivity contribution >= 4 is 22.4 Å². The maximum absolute atomic E-state index is 12.2. The van der Waals surface area contributed by atoms with Gasteiger partial charge in [0.15, 0.2) is 5.03 Å². The molecule has 0 spiro atoms. The molecule has 1 fully saturated rings. The van der Waals surface area contributed by atoms with Gasteiger partial charge >= 0.3 is 0 Å². The highest BCUT2D eigenvalue weighted by molar-refractivity contribution is 7.89. The van der Waals surface area contributed by atoms with E-state index in [2.05, 4.69) is 15.0 Å². The Morgan fingerprint density at radius 2 is 2.11 bits per heavy atom. The Morgan fingerprint density at radius 3 is 2.63 bits per heavy atom. The van der Waals surface area contributed by atoms with Crippen molar-refractivity contribution in [1.29, 1.82) is 0 Å². The van der Waals surface area contributed by atoms with Crippen molar-refractivity contribution < 1.29 is 8.42 Å². The standard InChI is InChI=1S/C11H20N4O2S.ClH/c1-3-15-8-11(13-9(15)2)18(16,17)14-10-4-6-12-7-5-10;/h8,10,12,14H,3-7H2,1-2H3;1H. The Kier molecular flexibility index (Phi) is 5.79. The number of aromatic nitrogens is 2. The zero-order chi connectivity index (χ0) is 13.2. The lowest BCUT2D eigenvalue weighted by Gasteiger charge is -2.22. The first-order valence-electron chi connectivity index (χ1n) is 6.29. The van der Waals surface area contributed by atoms with E-state index in [9.17, 15) is 8.42 Å². The summed E-state index contributed by atoms with van der Waals surface area (Å²) in [6.45, 7) is 6.21. The monoisotopic (exact) mass is 308 g/mol. The lowest BCUT2D eigenvalue weighted by Crippen LogP contribution is -2.42. The topological polar surface area (TPSA) is 76.0 Å². The van der Waals surface area contributed by atoms with Crippen LogP contribution in [0.5, 0.6) is 0 Å². The molecule has 1 aliphatic rings. The molecule has 0 unspecified atom stereocenters. The van der Waals surface area contributed by atoms with E-state index in [1.165, 1.54) is 0 Å². The minimum absolute atomic E-state index is 0. The third-order valence-electron chi connectivity index (χ3n) is 3.23. The van der Waals surface area contributed by atoms with Gasteiger partial charge < -0.3 is 9.88 Å². The Hall–Kier alpha value is -0.630. The fourth-order valence-electron chi connectivity index (χ4n) is 2.15. The van der Waals surface area contributed by atoms with Crippen molar-refractivity contribution in [1.82, 2.24) is 19.6 Å². The van der Waals surface area contributed by atoms with E-state index in [0.717, 1.165) is 38.3 Å². The minimum Gasteiger partial charge on any atom is -0.334 e. The van der Waals surface area contributed by atoms with Crippen LogP contribution in [-0.2, 0) is 16.6 Å². The van der Waals surface area contributed by atoms with Crippen LogP contribution in [0.15, 0.2) is 11.2 Å². The highest BCUT2D eigenvalue weighted by Gasteiger charge is 2.24. The van der Waals surface area contributed by atoms with Gasteiger partial charge in [-0.15, -0.1) is 12.4 Å². The number of imidazole rings is 1. The smallest absolute Gasteiger partial charge is 0.259 e. The molecule has 2 rings (SSSR count). The highest BCUT2D eigenvalue weighted by atomic mass is 35.5. The van der Waals surface area contributed by atoms with Gasteiger partial charge in [0.05, 0.1) is 0 Å². The van der Waals surface area contributed by atoms with E-state index in [1.54, 1.807) is 6.20 Å². The molecule has 0 aromatic carbocycles. The average Bonchev–Trinajstić information content (AvgIpc) is 2.72. The number of sulfonamides is 1. The predicted molar refractivity (Wildman–Crippen MR) is 76.1 cm³/mol. The van der Waals surface area contributed by atoms with Gasteiger partial charge in [-0.2, -0.15) is 0 Å². The number of rotatable bonds is 4. The normalized spacial score (nSPS) is 17.2. The SMILES string of the molecule is CCn1cc(S(=O)(=O)NC2CCNCC2)nc1C.Cl. The molecule has 0 amide bonds. The quantitative estimate of drug-likeness (QED) is 0.857. The summed E-state index contributed by atoms with van der Waals surface area (Å²) in [6, 6.07) is 0.0170. The van der Waals surface area contributed by atoms with Crippen LogP contribution in [0.3, 0.4) is 0 Å². The predicted octanol–water partition coefficient (Wildman–Crippen LogP) is 0.664. The molecule has 110 valence electrons. The van der Waals surface area contributed by atoms with Gasteiger partial charge in [0.2, 0.25) is 0 Å². The van der Waals surface area contributed by atoms with Crippen LogP contribution in [0.4, 0.5) is 0 Å². The van der Waals surface area contributed by atoms with Crippen molar-refractivity contribution in [3.8, 4) is 0 Å². The largest absolute Gasteiger partial charge is 0.334 e. The molecule has 19 heavy (non-hydrogen) atoms. The van der Waals surface area contributed by atoms with Crippen molar-refractivity contribution in [2.45, 2.75) is 44.3 Å². The van der Waals surface area contributed by atoms with Crippen LogP contribution in [-0.4, -0.2) is 37.1 Å². The van der Waals surface area contributed by atoms with Gasteiger partial charge in [-0.3, -0.25) is 0 Å². The minimum atomic E-state index is -3.48. The zero-order valence-electron chi connectivity index (χ0n) is 11.2. The Morgan fingerprint density at radius 1 is 1.47 bits per heavy atom. The maximum Gasteiger partial charge on any atom is 0.259 e. The van der Waals surface area contributed by atoms with E-state index in [0.29, 0.717) is 0 Å². The molecule has 1 aliphatic heterocycles. The van der Waals surface area contributed by atoms with Gasteiger partial charge in [0.1, 0.15) is 5.82 Å². The third kappa shape index (κ3) is 3.92. The first-order chi connectivity index (χ1) is 8.53. The number of hydrogen-bond donors (Lipinski definition) is 2. The molecular weight excluding hydrogens is 288 g/mol. The molecule has 1 saturated heterocycles. The number of piperidine rings is 1. The van der Waals surface area contributed by atoms with Gasteiger partial charge in [0.25, 0.3) is 10.0 Å². The first-order valence-corrected chi connectivity index (χ1v) is 7.78. The second-order valence-electron chi connectivity index (χ2n) is 4.56. The summed E-state index contributed by atoms with van der Waals surface area (Å²) in [6.07, 6.45) is 3.25. The van der Waals surface area contributed by atoms with Crippen LogP contribution in [0.1, 0.15) is 25.6 Å². The third-order valence-corrected chi connectivity index (χ3v) is 4.62. The van der Waals surface area contributed by atoms with E-state index < -0.39 is 10.0 Å². The molecule has 8 heteroatoms. The average molecular weight is 309 g/mol. The highest BCUT2D eigenvalue weighted by Crippen LogP contribution is 2.12. The second kappa shape index (κ2) is 6.69. The first kappa shape index (κ1) is 16.4. The second-order valence-corrected chi connectivity index (χ2v) is 6.22. The summed E-state index contributed by atoms with van der Waals surface area (Å²) in [7, 11) is -3.48. The summed E-state index contributed by atoms with van der Waals surface area (Å²) in [5.74, 6) is 0.725. The molecule has 2 N–H and O–H groups in total. The number of nitrogens with zero attached hydrogens (tertiary/aromatic N) is 2. The Balaban J connectivity index is 0.00000180. The van der Waals surface area contributed by atoms with Gasteiger partial charge in [0, 0.05) is 18.8 Å². The zero-order valence-corrected chi connectivity index (χ0v) is 12.9. The van der Waals surface area contributed by atoms with Crippen LogP contribution < -0.4 is 10.0 Å². The molecule has 1 aromatic heterocycles. The van der Waals surface area contributed by atoms with E-state index in [4.69, 9.17) is 0 Å². The Labute approximate surface area is 120 Å². The van der Waals surface area contributed by atoms with Crippen molar-refractivity contribution in [2.24, 2.45) is 0 Å². The van der Waals surface area contributed by atoms with Crippen molar-refractivity contribution in [3.05, 3.63) is 12.0 Å². The van der Waals surface area contributed by atoms with Crippen molar-refractivity contribution in [3.63, 3.8) is 0 Å². The fraction of sp³-hybridized carbons (Fsp3) is 0.727. The molecule has 2 heterocycles. The number of nitrogens with one attached hydrogen (secondary N) is 2. The maximum atomic E-state index is 12.2. The fourth-order valence-corrected chi connectivity index (χ4v) is 3.46. The van der Waals surface area contributed by atoms with Crippen molar-refractivity contribution in [2.75, 3.05) is 13.1 Å². The Bertz CT molecular complexity index is 509. The molecule has 6 nitrogen and oxygen atoms in total. The van der Waals surface area contributed by atoms with Gasteiger partial charge in [-0.05, 0) is 39.8 Å². The molecule has 0 bridgehead atoms. The van der Waals surface area contributed by atoms with E-state index >= 15 is 0 Å². The van der Waals surface area contributed by atoms with Crippen LogP contribution >= 0.6 is 12.4 Å². The molecule has 0 atom stereocenters. The molecule has 0 saturated carbocycles. The number of halogens is 1. The van der Waals surface area contributed by atoms with Gasteiger partial charge in [-0.1, -0.05) is 0 Å². The summed E-state index contributed by atoms with van der Waals surface area (Å²) >= 11 is 0. The number of hydrogen-bond acceptors (Lipinski definition) is 4.